The Kier molecular flexibility index (Phi) is 2.81. The summed E-state index contributed by atoms with van der Waals surface area (Å²) in [6, 6.07) is 8.35. The molecule has 0 saturated carbocycles. The summed E-state index contributed by atoms with van der Waals surface area (Å²) >= 11 is 6.05. The zero-order valence-electron chi connectivity index (χ0n) is 9.86. The van der Waals surface area contributed by atoms with Gasteiger partial charge in [0.2, 0.25) is 0 Å². The number of nitrogens with one attached hydrogen (secondary N) is 1. The number of fused-ring (bicyclic) bond motifs is 1. The minimum Gasteiger partial charge on any atom is -0.305 e. The Balaban J connectivity index is 1.86. The largest absolute Gasteiger partial charge is 0.305 e. The van der Waals surface area contributed by atoms with Gasteiger partial charge in [0, 0.05) is 36.2 Å². The van der Waals surface area contributed by atoms with Gasteiger partial charge in [-0.25, -0.2) is 0 Å². The highest BCUT2D eigenvalue weighted by atomic mass is 35.5. The van der Waals surface area contributed by atoms with Crippen molar-refractivity contribution in [1.82, 2.24) is 10.3 Å². The second-order valence-electron chi connectivity index (χ2n) is 4.88. The van der Waals surface area contributed by atoms with Crippen molar-refractivity contribution in [1.29, 1.82) is 0 Å². The van der Waals surface area contributed by atoms with Gasteiger partial charge in [0.1, 0.15) is 0 Å². The van der Waals surface area contributed by atoms with Crippen molar-refractivity contribution in [2.75, 3.05) is 20.1 Å². The highest BCUT2D eigenvalue weighted by Gasteiger charge is 2.35. The molecule has 0 amide bonds. The molecule has 2 aliphatic heterocycles. The summed E-state index contributed by atoms with van der Waals surface area (Å²) in [4.78, 5) is 2.37. The normalized spacial score (nSPS) is 28.5. The quantitative estimate of drug-likeness (QED) is 0.827. The summed E-state index contributed by atoms with van der Waals surface area (Å²) in [6.07, 6.45) is 1.07. The number of halogens is 1. The van der Waals surface area contributed by atoms with Crippen LogP contribution in [0.25, 0.3) is 0 Å². The second kappa shape index (κ2) is 4.31. The number of hydrazone groups is 1. The van der Waals surface area contributed by atoms with Gasteiger partial charge >= 0.3 is 0 Å². The van der Waals surface area contributed by atoms with Crippen molar-refractivity contribution in [3.63, 3.8) is 0 Å². The highest BCUT2D eigenvalue weighted by molar-refractivity contribution is 6.30. The first kappa shape index (κ1) is 11.1. The minimum atomic E-state index is 0.284. The summed E-state index contributed by atoms with van der Waals surface area (Å²) in [6.45, 7) is 2.18. The van der Waals surface area contributed by atoms with Crippen LogP contribution in [-0.2, 0) is 0 Å². The van der Waals surface area contributed by atoms with Crippen molar-refractivity contribution < 1.29 is 0 Å². The number of hydrogen-bond donors (Lipinski definition) is 1. The molecule has 2 atom stereocenters. The fourth-order valence-corrected chi connectivity index (χ4v) is 2.91. The molecule has 1 saturated heterocycles. The SMILES string of the molecule is CN1CCC2=NNC(c3cccc(Cl)c3)C2C1. The van der Waals surface area contributed by atoms with E-state index in [0.717, 1.165) is 24.5 Å². The molecule has 4 heteroatoms. The zero-order valence-corrected chi connectivity index (χ0v) is 10.6. The van der Waals surface area contributed by atoms with Gasteiger partial charge in [-0.3, -0.25) is 0 Å². The van der Waals surface area contributed by atoms with E-state index in [2.05, 4.69) is 28.5 Å². The molecule has 0 radical (unpaired) electrons. The van der Waals surface area contributed by atoms with E-state index in [1.54, 1.807) is 0 Å². The highest BCUT2D eigenvalue weighted by Crippen LogP contribution is 2.32. The predicted octanol–water partition coefficient (Wildman–Crippen LogP) is 2.29. The maximum atomic E-state index is 6.05. The monoisotopic (exact) mass is 249 g/mol. The van der Waals surface area contributed by atoms with Gasteiger partial charge in [-0.05, 0) is 24.7 Å². The maximum absolute atomic E-state index is 6.05. The lowest BCUT2D eigenvalue weighted by Crippen LogP contribution is -2.39. The van der Waals surface area contributed by atoms with Crippen LogP contribution in [0.3, 0.4) is 0 Å². The number of likely N-dealkylation sites (tertiary alicyclic amines) is 1. The van der Waals surface area contributed by atoms with Gasteiger partial charge in [0.05, 0.1) is 6.04 Å². The molecule has 0 aliphatic carbocycles. The predicted molar refractivity (Wildman–Crippen MR) is 70.4 cm³/mol. The van der Waals surface area contributed by atoms with E-state index in [-0.39, 0.29) is 6.04 Å². The van der Waals surface area contributed by atoms with Crippen LogP contribution >= 0.6 is 11.6 Å². The van der Waals surface area contributed by atoms with Crippen molar-refractivity contribution >= 4 is 17.3 Å². The van der Waals surface area contributed by atoms with Crippen LogP contribution < -0.4 is 5.43 Å². The van der Waals surface area contributed by atoms with Gasteiger partial charge in [0.15, 0.2) is 0 Å². The third-order valence-corrected chi connectivity index (χ3v) is 3.88. The van der Waals surface area contributed by atoms with E-state index in [1.807, 2.05) is 18.2 Å². The van der Waals surface area contributed by atoms with Crippen LogP contribution in [0.5, 0.6) is 0 Å². The van der Waals surface area contributed by atoms with Gasteiger partial charge < -0.3 is 10.3 Å². The van der Waals surface area contributed by atoms with Crippen LogP contribution in [0.4, 0.5) is 0 Å². The summed E-state index contributed by atoms with van der Waals surface area (Å²) in [7, 11) is 2.17. The standard InChI is InChI=1S/C13H16ClN3/c1-17-6-5-12-11(8-17)13(16-15-12)9-3-2-4-10(14)7-9/h2-4,7,11,13,16H,5-6,8H2,1H3. The number of benzene rings is 1. The lowest BCUT2D eigenvalue weighted by atomic mass is 9.87. The smallest absolute Gasteiger partial charge is 0.0783 e. The molecular formula is C13H16ClN3. The molecule has 0 aromatic heterocycles. The molecule has 1 fully saturated rings. The van der Waals surface area contributed by atoms with Crippen LogP contribution in [0.2, 0.25) is 5.02 Å². The third kappa shape index (κ3) is 2.05. The third-order valence-electron chi connectivity index (χ3n) is 3.64. The van der Waals surface area contributed by atoms with Crippen LogP contribution in [-0.4, -0.2) is 30.7 Å². The molecule has 0 bridgehead atoms. The van der Waals surface area contributed by atoms with Crippen LogP contribution in [0.1, 0.15) is 18.0 Å². The summed E-state index contributed by atoms with van der Waals surface area (Å²) < 4.78 is 0. The van der Waals surface area contributed by atoms with Gasteiger partial charge in [-0.1, -0.05) is 23.7 Å². The first-order valence-corrected chi connectivity index (χ1v) is 6.38. The van der Waals surface area contributed by atoms with Crippen molar-refractivity contribution in [2.45, 2.75) is 12.5 Å². The topological polar surface area (TPSA) is 27.6 Å². The van der Waals surface area contributed by atoms with Crippen molar-refractivity contribution in [3.8, 4) is 0 Å². The van der Waals surface area contributed by atoms with E-state index in [0.29, 0.717) is 5.92 Å². The number of hydrogen-bond acceptors (Lipinski definition) is 3. The molecule has 0 spiro atoms. The van der Waals surface area contributed by atoms with Gasteiger partial charge in [-0.2, -0.15) is 5.10 Å². The Morgan fingerprint density at radius 2 is 2.35 bits per heavy atom. The zero-order chi connectivity index (χ0) is 11.8. The Morgan fingerprint density at radius 1 is 1.47 bits per heavy atom. The van der Waals surface area contributed by atoms with Crippen molar-refractivity contribution in [3.05, 3.63) is 34.9 Å². The number of nitrogens with zero attached hydrogens (tertiary/aromatic N) is 2. The Labute approximate surface area is 106 Å². The van der Waals surface area contributed by atoms with Crippen LogP contribution in [0, 0.1) is 5.92 Å². The molecule has 2 aliphatic rings. The lowest BCUT2D eigenvalue weighted by Gasteiger charge is -2.30. The Hall–Kier alpha value is -1.06. The minimum absolute atomic E-state index is 0.284. The average Bonchev–Trinajstić information content (AvgIpc) is 2.71. The molecule has 3 rings (SSSR count). The van der Waals surface area contributed by atoms with E-state index in [4.69, 9.17) is 11.6 Å². The molecule has 1 aromatic rings. The average molecular weight is 250 g/mol. The molecular weight excluding hydrogens is 234 g/mol. The number of piperidine rings is 1. The van der Waals surface area contributed by atoms with E-state index in [1.165, 1.54) is 11.3 Å². The van der Waals surface area contributed by atoms with Gasteiger partial charge in [-0.15, -0.1) is 0 Å². The maximum Gasteiger partial charge on any atom is 0.0783 e. The molecule has 17 heavy (non-hydrogen) atoms. The molecule has 1 N–H and O–H groups in total. The molecule has 2 unspecified atom stereocenters. The van der Waals surface area contributed by atoms with Gasteiger partial charge in [0.25, 0.3) is 0 Å². The Morgan fingerprint density at radius 3 is 3.18 bits per heavy atom. The second-order valence-corrected chi connectivity index (χ2v) is 5.32. The number of rotatable bonds is 1. The summed E-state index contributed by atoms with van der Waals surface area (Å²) in [5.74, 6) is 0.493. The lowest BCUT2D eigenvalue weighted by molar-refractivity contribution is 0.272. The summed E-state index contributed by atoms with van der Waals surface area (Å²) in [5, 5.41) is 5.27. The first-order valence-electron chi connectivity index (χ1n) is 6.00. The molecule has 2 heterocycles. The molecule has 1 aromatic carbocycles. The van der Waals surface area contributed by atoms with E-state index < -0.39 is 0 Å². The van der Waals surface area contributed by atoms with Crippen molar-refractivity contribution in [2.24, 2.45) is 11.0 Å². The molecule has 3 nitrogen and oxygen atoms in total. The first-order chi connectivity index (χ1) is 8.24. The fraction of sp³-hybridized carbons (Fsp3) is 0.462. The Bertz CT molecular complexity index is 458. The summed E-state index contributed by atoms with van der Waals surface area (Å²) in [5.41, 5.74) is 5.81. The molecule has 90 valence electrons. The van der Waals surface area contributed by atoms with E-state index >= 15 is 0 Å². The fourth-order valence-electron chi connectivity index (χ4n) is 2.71. The van der Waals surface area contributed by atoms with Crippen LogP contribution in [0.15, 0.2) is 29.4 Å². The van der Waals surface area contributed by atoms with E-state index in [9.17, 15) is 0 Å².